The fraction of sp³-hybridized carbons (Fsp3) is 0.467. The molecule has 0 spiro atoms. The first-order valence-electron chi connectivity index (χ1n) is 8.42. The molecule has 0 radical (unpaired) electrons. The van der Waals surface area contributed by atoms with Crippen LogP contribution in [0.4, 0.5) is 0 Å². The van der Waals surface area contributed by atoms with Gasteiger partial charge in [-0.05, 0) is 24.6 Å². The van der Waals surface area contributed by atoms with Crippen LogP contribution in [0.15, 0.2) is 18.2 Å². The molecule has 1 aromatic carbocycles. The molecular formula is C15H21N7O4. The fourth-order valence-corrected chi connectivity index (χ4v) is 3.06. The summed E-state index contributed by atoms with van der Waals surface area (Å²) in [6.45, 7) is 1.13. The lowest BCUT2D eigenvalue weighted by atomic mass is 10.1. The van der Waals surface area contributed by atoms with E-state index < -0.39 is 0 Å². The molecule has 26 heavy (non-hydrogen) atoms. The highest BCUT2D eigenvalue weighted by atomic mass is 16.7. The molecule has 0 aromatic heterocycles. The summed E-state index contributed by atoms with van der Waals surface area (Å²) in [6, 6.07) is 4.62. The van der Waals surface area contributed by atoms with Crippen molar-refractivity contribution in [3.8, 4) is 11.5 Å². The Morgan fingerprint density at radius 1 is 1.15 bits per heavy atom. The van der Waals surface area contributed by atoms with Crippen LogP contribution in [-0.4, -0.2) is 49.9 Å². The van der Waals surface area contributed by atoms with Crippen molar-refractivity contribution in [3.63, 3.8) is 0 Å². The molecule has 140 valence electrons. The van der Waals surface area contributed by atoms with Gasteiger partial charge in [0.1, 0.15) is 6.17 Å². The van der Waals surface area contributed by atoms with Crippen molar-refractivity contribution in [2.24, 2.45) is 0 Å². The number of ether oxygens (including phenoxy) is 2. The summed E-state index contributed by atoms with van der Waals surface area (Å²) in [5.74, 6) is 0.906. The minimum atomic E-state index is -0.334. The standard InChI is InChI=1S/C15H21N7O4/c23-14(8-1-2-11-12(3-8)26-7-25-11)18-9-4-10(16-5-9)15(24)17-6-13-19-21-22-20-13/h1-3,9-10,13,16,19-22H,4-7H2,(H,17,24)(H,18,23)/t9-,10+/m1/s1. The summed E-state index contributed by atoms with van der Waals surface area (Å²) >= 11 is 0. The van der Waals surface area contributed by atoms with E-state index in [1.807, 2.05) is 0 Å². The van der Waals surface area contributed by atoms with E-state index in [-0.39, 0.29) is 36.9 Å². The summed E-state index contributed by atoms with van der Waals surface area (Å²) in [5, 5.41) is 8.93. The Bertz CT molecular complexity index is 695. The number of carbonyl (C=O) groups excluding carboxylic acids is 2. The Balaban J connectivity index is 1.25. The molecule has 0 aliphatic carbocycles. The third kappa shape index (κ3) is 3.71. The molecule has 0 saturated carbocycles. The Morgan fingerprint density at radius 3 is 2.81 bits per heavy atom. The maximum Gasteiger partial charge on any atom is 0.251 e. The molecule has 3 aliphatic rings. The molecule has 11 nitrogen and oxygen atoms in total. The van der Waals surface area contributed by atoms with E-state index in [2.05, 4.69) is 37.9 Å². The number of hydrogen-bond acceptors (Lipinski definition) is 9. The molecule has 2 fully saturated rings. The summed E-state index contributed by atoms with van der Waals surface area (Å²) in [7, 11) is 0. The minimum absolute atomic E-state index is 0.0955. The predicted octanol–water partition coefficient (Wildman–Crippen LogP) is -2.57. The normalized spacial score (nSPS) is 24.6. The average molecular weight is 363 g/mol. The van der Waals surface area contributed by atoms with Crippen molar-refractivity contribution in [1.29, 1.82) is 0 Å². The third-order valence-corrected chi connectivity index (χ3v) is 4.45. The summed E-state index contributed by atoms with van der Waals surface area (Å²) < 4.78 is 10.5. The Morgan fingerprint density at radius 2 is 1.96 bits per heavy atom. The number of hydrazine groups is 3. The quantitative estimate of drug-likeness (QED) is 0.301. The lowest BCUT2D eigenvalue weighted by molar-refractivity contribution is -0.122. The lowest BCUT2D eigenvalue weighted by Gasteiger charge is -2.15. The van der Waals surface area contributed by atoms with E-state index in [1.165, 1.54) is 0 Å². The molecule has 2 amide bonds. The number of benzene rings is 1. The molecule has 2 saturated heterocycles. The van der Waals surface area contributed by atoms with Crippen molar-refractivity contribution in [3.05, 3.63) is 23.8 Å². The van der Waals surface area contributed by atoms with Crippen LogP contribution in [0.5, 0.6) is 11.5 Å². The number of rotatable bonds is 5. The second-order valence-electron chi connectivity index (χ2n) is 6.27. The van der Waals surface area contributed by atoms with Crippen LogP contribution in [0.25, 0.3) is 0 Å². The minimum Gasteiger partial charge on any atom is -0.454 e. The average Bonchev–Trinajstić information content (AvgIpc) is 3.39. The Hall–Kier alpha value is -2.44. The molecule has 3 aliphatic heterocycles. The van der Waals surface area contributed by atoms with Crippen LogP contribution in [0.2, 0.25) is 0 Å². The van der Waals surface area contributed by atoms with Crippen LogP contribution in [0.1, 0.15) is 16.8 Å². The number of carbonyl (C=O) groups is 2. The molecule has 3 heterocycles. The highest BCUT2D eigenvalue weighted by Crippen LogP contribution is 2.32. The molecule has 1 aromatic rings. The van der Waals surface area contributed by atoms with E-state index in [9.17, 15) is 9.59 Å². The molecule has 0 bridgehead atoms. The largest absolute Gasteiger partial charge is 0.454 e. The molecule has 7 N–H and O–H groups in total. The van der Waals surface area contributed by atoms with Gasteiger partial charge in [-0.1, -0.05) is 0 Å². The van der Waals surface area contributed by atoms with Crippen LogP contribution >= 0.6 is 0 Å². The number of hydrogen-bond donors (Lipinski definition) is 7. The van der Waals surface area contributed by atoms with Gasteiger partial charge < -0.3 is 25.4 Å². The Kier molecular flexibility index (Phi) is 4.86. The summed E-state index contributed by atoms with van der Waals surface area (Å²) in [6.07, 6.45) is 0.436. The van der Waals surface area contributed by atoms with E-state index in [4.69, 9.17) is 9.47 Å². The maximum absolute atomic E-state index is 12.4. The van der Waals surface area contributed by atoms with Gasteiger partial charge in [-0.25, -0.2) is 10.9 Å². The predicted molar refractivity (Wildman–Crippen MR) is 89.6 cm³/mol. The maximum atomic E-state index is 12.4. The highest BCUT2D eigenvalue weighted by Gasteiger charge is 2.31. The van der Waals surface area contributed by atoms with Crippen molar-refractivity contribution < 1.29 is 19.1 Å². The SMILES string of the molecule is O=C(N[C@H]1CN[C@H](C(=O)NCC2NNNN2)C1)c1ccc2c(c1)OCO2. The smallest absolute Gasteiger partial charge is 0.251 e. The summed E-state index contributed by atoms with van der Waals surface area (Å²) in [5.41, 5.74) is 11.6. The van der Waals surface area contributed by atoms with Crippen molar-refractivity contribution in [2.75, 3.05) is 19.9 Å². The van der Waals surface area contributed by atoms with Crippen molar-refractivity contribution >= 4 is 11.8 Å². The number of amides is 2. The first-order valence-corrected chi connectivity index (χ1v) is 8.42. The number of nitrogens with one attached hydrogen (secondary N) is 7. The van der Waals surface area contributed by atoms with E-state index in [1.54, 1.807) is 18.2 Å². The van der Waals surface area contributed by atoms with Crippen LogP contribution in [0, 0.1) is 0 Å². The van der Waals surface area contributed by atoms with E-state index >= 15 is 0 Å². The van der Waals surface area contributed by atoms with Gasteiger partial charge in [0.25, 0.3) is 5.91 Å². The van der Waals surface area contributed by atoms with Crippen LogP contribution < -0.4 is 47.3 Å². The van der Waals surface area contributed by atoms with Crippen LogP contribution in [0.3, 0.4) is 0 Å². The molecule has 2 atom stereocenters. The zero-order valence-electron chi connectivity index (χ0n) is 13.9. The molecule has 0 unspecified atom stereocenters. The van der Waals surface area contributed by atoms with Gasteiger partial charge in [-0.3, -0.25) is 9.59 Å². The van der Waals surface area contributed by atoms with Gasteiger partial charge in [-0.15, -0.1) is 0 Å². The van der Waals surface area contributed by atoms with Crippen molar-refractivity contribution in [2.45, 2.75) is 24.7 Å². The first kappa shape index (κ1) is 17.0. The van der Waals surface area contributed by atoms with Gasteiger partial charge >= 0.3 is 0 Å². The second kappa shape index (κ2) is 7.43. The van der Waals surface area contributed by atoms with E-state index in [0.717, 1.165) is 0 Å². The molecule has 11 heteroatoms. The third-order valence-electron chi connectivity index (χ3n) is 4.45. The monoisotopic (exact) mass is 363 g/mol. The van der Waals surface area contributed by atoms with Gasteiger partial charge in [0.15, 0.2) is 11.5 Å². The first-order chi connectivity index (χ1) is 12.7. The van der Waals surface area contributed by atoms with Gasteiger partial charge in [-0.2, -0.15) is 11.1 Å². The highest BCUT2D eigenvalue weighted by molar-refractivity contribution is 5.95. The lowest BCUT2D eigenvalue weighted by Crippen LogP contribution is -2.48. The van der Waals surface area contributed by atoms with Gasteiger partial charge in [0.05, 0.1) is 6.04 Å². The van der Waals surface area contributed by atoms with Crippen LogP contribution in [-0.2, 0) is 4.79 Å². The zero-order valence-corrected chi connectivity index (χ0v) is 13.9. The number of fused-ring (bicyclic) bond motifs is 1. The van der Waals surface area contributed by atoms with Gasteiger partial charge in [0, 0.05) is 24.7 Å². The van der Waals surface area contributed by atoms with E-state index in [0.29, 0.717) is 36.6 Å². The topological polar surface area (TPSA) is 137 Å². The van der Waals surface area contributed by atoms with Crippen molar-refractivity contribution in [1.82, 2.24) is 37.9 Å². The molecular weight excluding hydrogens is 342 g/mol. The molecule has 4 rings (SSSR count). The van der Waals surface area contributed by atoms with Gasteiger partial charge in [0.2, 0.25) is 12.7 Å². The fourth-order valence-electron chi connectivity index (χ4n) is 3.06. The second-order valence-corrected chi connectivity index (χ2v) is 6.27. The Labute approximate surface area is 149 Å². The zero-order chi connectivity index (χ0) is 17.9. The summed E-state index contributed by atoms with van der Waals surface area (Å²) in [4.78, 5) is 24.6.